The van der Waals surface area contributed by atoms with Crippen molar-refractivity contribution in [3.63, 3.8) is 0 Å². The summed E-state index contributed by atoms with van der Waals surface area (Å²) in [6, 6.07) is 9.62. The van der Waals surface area contributed by atoms with Crippen molar-refractivity contribution in [1.82, 2.24) is 0 Å². The Bertz CT molecular complexity index is 403. The lowest BCUT2D eigenvalue weighted by molar-refractivity contribution is -0.113. The maximum Gasteiger partial charge on any atom is 0.156 e. The molecule has 3 heteroatoms. The van der Waals surface area contributed by atoms with Crippen molar-refractivity contribution in [2.24, 2.45) is 0 Å². The maximum atomic E-state index is 11.3. The zero-order valence-electron chi connectivity index (χ0n) is 8.43. The second kappa shape index (κ2) is 6.05. The molecule has 0 aromatic heterocycles. The first-order valence-electron chi connectivity index (χ1n) is 4.51. The van der Waals surface area contributed by atoms with Crippen LogP contribution in [-0.4, -0.2) is 11.5 Å². The standard InChI is InChI=1S/C12H11NOS/c1-10(14)12(8-15-9-13)7-11-5-3-2-4-6-11/h2-7H,8H2,1H3/b12-7+. The summed E-state index contributed by atoms with van der Waals surface area (Å²) in [7, 11) is 0. The van der Waals surface area contributed by atoms with Gasteiger partial charge in [-0.3, -0.25) is 4.79 Å². The summed E-state index contributed by atoms with van der Waals surface area (Å²) in [6.07, 6.45) is 1.83. The van der Waals surface area contributed by atoms with Gasteiger partial charge in [-0.05, 0) is 30.3 Å². The highest BCUT2D eigenvalue weighted by molar-refractivity contribution is 8.03. The molecule has 76 valence electrons. The van der Waals surface area contributed by atoms with Crippen molar-refractivity contribution in [3.05, 3.63) is 41.5 Å². The number of thiocyanates is 1. The quantitative estimate of drug-likeness (QED) is 0.575. The number of hydrogen-bond acceptors (Lipinski definition) is 3. The summed E-state index contributed by atoms with van der Waals surface area (Å²) < 4.78 is 0. The normalized spacial score (nSPS) is 10.8. The molecule has 2 nitrogen and oxygen atoms in total. The first kappa shape index (κ1) is 11.5. The molecule has 0 saturated carbocycles. The van der Waals surface area contributed by atoms with E-state index in [4.69, 9.17) is 5.26 Å². The Balaban J connectivity index is 2.85. The molecule has 0 unspecified atom stereocenters. The van der Waals surface area contributed by atoms with Crippen molar-refractivity contribution >= 4 is 23.6 Å². The highest BCUT2D eigenvalue weighted by Gasteiger charge is 2.03. The van der Waals surface area contributed by atoms with Crippen LogP contribution >= 0.6 is 11.8 Å². The largest absolute Gasteiger partial charge is 0.295 e. The summed E-state index contributed by atoms with van der Waals surface area (Å²) in [4.78, 5) is 11.3. The number of nitriles is 1. The van der Waals surface area contributed by atoms with Gasteiger partial charge in [-0.25, -0.2) is 0 Å². The molecule has 15 heavy (non-hydrogen) atoms. The van der Waals surface area contributed by atoms with Crippen LogP contribution in [0.5, 0.6) is 0 Å². The third kappa shape index (κ3) is 4.01. The van der Waals surface area contributed by atoms with E-state index < -0.39 is 0 Å². The zero-order valence-corrected chi connectivity index (χ0v) is 9.25. The molecule has 0 atom stereocenters. The summed E-state index contributed by atoms with van der Waals surface area (Å²) in [5.74, 6) is 0.461. The number of carbonyl (C=O) groups excluding carboxylic acids is 1. The third-order valence-corrected chi connectivity index (χ3v) is 2.47. The summed E-state index contributed by atoms with van der Waals surface area (Å²) in [5, 5.41) is 10.4. The third-order valence-electron chi connectivity index (χ3n) is 1.88. The molecule has 0 saturated heterocycles. The van der Waals surface area contributed by atoms with Gasteiger partial charge in [0.05, 0.1) is 0 Å². The monoisotopic (exact) mass is 217 g/mol. The minimum Gasteiger partial charge on any atom is -0.295 e. The van der Waals surface area contributed by atoms with Crippen LogP contribution in [0.2, 0.25) is 0 Å². The molecule has 0 aliphatic carbocycles. The maximum absolute atomic E-state index is 11.3. The molecule has 0 amide bonds. The van der Waals surface area contributed by atoms with Gasteiger partial charge in [0, 0.05) is 11.3 Å². The SMILES string of the molecule is CC(=O)/C(=C/c1ccccc1)CSC#N. The summed E-state index contributed by atoms with van der Waals surface area (Å²) in [6.45, 7) is 1.52. The van der Waals surface area contributed by atoms with Crippen molar-refractivity contribution < 1.29 is 4.79 Å². The number of carbonyl (C=O) groups is 1. The topological polar surface area (TPSA) is 40.9 Å². The number of thioether (sulfide) groups is 1. The van der Waals surface area contributed by atoms with E-state index in [2.05, 4.69) is 0 Å². The van der Waals surface area contributed by atoms with E-state index in [1.165, 1.54) is 6.92 Å². The fourth-order valence-corrected chi connectivity index (χ4v) is 1.61. The van der Waals surface area contributed by atoms with Crippen molar-refractivity contribution in [1.29, 1.82) is 5.26 Å². The summed E-state index contributed by atoms with van der Waals surface area (Å²) in [5.41, 5.74) is 1.66. The fourth-order valence-electron chi connectivity index (χ4n) is 1.11. The number of ketones is 1. The van der Waals surface area contributed by atoms with Gasteiger partial charge in [0.2, 0.25) is 0 Å². The van der Waals surface area contributed by atoms with Crippen LogP contribution in [0.1, 0.15) is 12.5 Å². The van der Waals surface area contributed by atoms with Crippen molar-refractivity contribution in [2.45, 2.75) is 6.92 Å². The van der Waals surface area contributed by atoms with Gasteiger partial charge < -0.3 is 0 Å². The van der Waals surface area contributed by atoms with Crippen LogP contribution in [0.3, 0.4) is 0 Å². The molecule has 0 heterocycles. The predicted molar refractivity (Wildman–Crippen MR) is 63.2 cm³/mol. The van der Waals surface area contributed by atoms with Gasteiger partial charge in [0.25, 0.3) is 0 Å². The summed E-state index contributed by atoms with van der Waals surface area (Å²) >= 11 is 1.08. The van der Waals surface area contributed by atoms with Crippen LogP contribution in [0.4, 0.5) is 0 Å². The Morgan fingerprint density at radius 3 is 2.67 bits per heavy atom. The number of rotatable bonds is 4. The lowest BCUT2D eigenvalue weighted by Crippen LogP contribution is -1.98. The minimum absolute atomic E-state index is 0.0154. The number of hydrogen-bond donors (Lipinski definition) is 0. The Hall–Kier alpha value is -1.53. The average molecular weight is 217 g/mol. The van der Waals surface area contributed by atoms with E-state index in [1.54, 1.807) is 0 Å². The molecule has 0 radical (unpaired) electrons. The molecule has 0 aliphatic rings. The molecule has 0 spiro atoms. The molecular weight excluding hydrogens is 206 g/mol. The van der Waals surface area contributed by atoms with E-state index in [-0.39, 0.29) is 5.78 Å². The van der Waals surface area contributed by atoms with Gasteiger partial charge in [0.15, 0.2) is 5.78 Å². The van der Waals surface area contributed by atoms with E-state index in [0.29, 0.717) is 11.3 Å². The molecule has 1 aromatic rings. The zero-order chi connectivity index (χ0) is 11.1. The fraction of sp³-hybridized carbons (Fsp3) is 0.167. The van der Waals surface area contributed by atoms with Gasteiger partial charge in [-0.2, -0.15) is 5.26 Å². The van der Waals surface area contributed by atoms with Crippen LogP contribution in [0.25, 0.3) is 6.08 Å². The number of benzene rings is 1. The van der Waals surface area contributed by atoms with Crippen LogP contribution < -0.4 is 0 Å². The number of Topliss-reactive ketones (excluding diaryl/α,β-unsaturated/α-hetero) is 1. The van der Waals surface area contributed by atoms with Gasteiger partial charge in [0.1, 0.15) is 5.40 Å². The van der Waals surface area contributed by atoms with Gasteiger partial charge in [-0.15, -0.1) is 0 Å². The molecule has 0 fully saturated rings. The Labute approximate surface area is 93.6 Å². The molecule has 0 bridgehead atoms. The first-order valence-corrected chi connectivity index (χ1v) is 5.50. The van der Waals surface area contributed by atoms with Gasteiger partial charge in [-0.1, -0.05) is 30.3 Å². The van der Waals surface area contributed by atoms with Gasteiger partial charge >= 0.3 is 0 Å². The van der Waals surface area contributed by atoms with Crippen LogP contribution in [0, 0.1) is 10.7 Å². The van der Waals surface area contributed by atoms with Crippen molar-refractivity contribution in [2.75, 3.05) is 5.75 Å². The smallest absolute Gasteiger partial charge is 0.156 e. The van der Waals surface area contributed by atoms with E-state index in [1.807, 2.05) is 41.8 Å². The lowest BCUT2D eigenvalue weighted by atomic mass is 10.1. The molecular formula is C12H11NOS. The molecule has 1 aromatic carbocycles. The Kier molecular flexibility index (Phi) is 4.65. The van der Waals surface area contributed by atoms with Crippen LogP contribution in [0.15, 0.2) is 35.9 Å². The van der Waals surface area contributed by atoms with E-state index in [0.717, 1.165) is 17.3 Å². The average Bonchev–Trinajstić information content (AvgIpc) is 2.25. The Morgan fingerprint density at radius 2 is 2.13 bits per heavy atom. The van der Waals surface area contributed by atoms with E-state index in [9.17, 15) is 4.79 Å². The second-order valence-electron chi connectivity index (χ2n) is 3.02. The highest BCUT2D eigenvalue weighted by atomic mass is 32.2. The molecule has 0 N–H and O–H groups in total. The first-order chi connectivity index (χ1) is 7.24. The van der Waals surface area contributed by atoms with Crippen molar-refractivity contribution in [3.8, 4) is 5.40 Å². The molecule has 1 rings (SSSR count). The molecule has 0 aliphatic heterocycles. The predicted octanol–water partition coefficient (Wildman–Crippen LogP) is 2.87. The lowest BCUT2D eigenvalue weighted by Gasteiger charge is -1.99. The highest BCUT2D eigenvalue weighted by Crippen LogP contribution is 2.12. The second-order valence-corrected chi connectivity index (χ2v) is 3.78. The van der Waals surface area contributed by atoms with Crippen LogP contribution in [-0.2, 0) is 4.79 Å². The minimum atomic E-state index is 0.0154. The van der Waals surface area contributed by atoms with E-state index >= 15 is 0 Å². The Morgan fingerprint density at radius 1 is 1.47 bits per heavy atom. The number of nitrogens with zero attached hydrogens (tertiary/aromatic N) is 1.